The lowest BCUT2D eigenvalue weighted by molar-refractivity contribution is 0.0997. The van der Waals surface area contributed by atoms with E-state index in [0.29, 0.717) is 11.6 Å². The number of hydrogen-bond donors (Lipinski definition) is 5. The van der Waals surface area contributed by atoms with Gasteiger partial charge in [-0.15, -0.1) is 0 Å². The third-order valence-corrected chi connectivity index (χ3v) is 5.46. The van der Waals surface area contributed by atoms with Gasteiger partial charge >= 0.3 is 0 Å². The number of hydrogen-bond acceptors (Lipinski definition) is 8. The van der Waals surface area contributed by atoms with Crippen LogP contribution < -0.4 is 20.5 Å². The molecular weight excluding hydrogens is 424 g/mol. The monoisotopic (exact) mass is 446 g/mol. The number of phenols is 1. The number of nitrogens with two attached hydrogens (primary N) is 1. The predicted octanol–water partition coefficient (Wildman–Crippen LogP) is 1.81. The molecule has 1 aromatic heterocycles. The number of H-pyrrole nitrogens is 1. The molecule has 0 unspecified atom stereocenters. The summed E-state index contributed by atoms with van der Waals surface area (Å²) >= 11 is 0. The maximum Gasteiger partial charge on any atom is 0.263 e. The molecule has 0 aliphatic heterocycles. The van der Waals surface area contributed by atoms with Gasteiger partial charge < -0.3 is 20.9 Å². The van der Waals surface area contributed by atoms with E-state index in [1.165, 1.54) is 6.33 Å². The maximum atomic E-state index is 13.1. The topological polar surface area (TPSA) is 172 Å². The summed E-state index contributed by atoms with van der Waals surface area (Å²) in [6.07, 6.45) is 1.28. The average molecular weight is 446 g/mol. The lowest BCUT2D eigenvalue weighted by Crippen LogP contribution is -2.18. The molecule has 31 heavy (non-hydrogen) atoms. The highest BCUT2D eigenvalue weighted by molar-refractivity contribution is 7.92. The number of nitrogens with one attached hydrogen (secondary N) is 3. The minimum absolute atomic E-state index is 0.0234. The van der Waals surface area contributed by atoms with Crippen LogP contribution in [0.1, 0.15) is 30.0 Å². The van der Waals surface area contributed by atoms with E-state index in [9.17, 15) is 18.3 Å². The number of aromatic hydroxyl groups is 1. The van der Waals surface area contributed by atoms with Crippen LogP contribution >= 0.6 is 0 Å². The fourth-order valence-electron chi connectivity index (χ4n) is 2.70. The molecule has 12 heteroatoms. The minimum atomic E-state index is -4.16. The van der Waals surface area contributed by atoms with Gasteiger partial charge in [-0.05, 0) is 44.2 Å². The van der Waals surface area contributed by atoms with Crippen LogP contribution in [-0.2, 0) is 16.6 Å². The predicted molar refractivity (Wildman–Crippen MR) is 113 cm³/mol. The van der Waals surface area contributed by atoms with Gasteiger partial charge in [0, 0.05) is 11.8 Å². The summed E-state index contributed by atoms with van der Waals surface area (Å²) in [7, 11) is -4.16. The summed E-state index contributed by atoms with van der Waals surface area (Å²) in [5.74, 6) is -0.392. The summed E-state index contributed by atoms with van der Waals surface area (Å²) in [5.41, 5.74) is 5.27. The van der Waals surface area contributed by atoms with Gasteiger partial charge in [0.05, 0.1) is 23.9 Å². The molecule has 0 aliphatic carbocycles. The molecule has 2 aromatic carbocycles. The zero-order valence-corrected chi connectivity index (χ0v) is 17.6. The Hall–Kier alpha value is -3.80. The molecular formula is C19H22N6O5S. The van der Waals surface area contributed by atoms with Crippen molar-refractivity contribution in [2.45, 2.75) is 31.4 Å². The van der Waals surface area contributed by atoms with Gasteiger partial charge in [0.25, 0.3) is 15.9 Å². The van der Waals surface area contributed by atoms with Gasteiger partial charge in [-0.25, -0.2) is 13.4 Å². The number of carbonyl (C=O) groups is 1. The summed E-state index contributed by atoms with van der Waals surface area (Å²) < 4.78 is 34.1. The first kappa shape index (κ1) is 21.9. The lowest BCUT2D eigenvalue weighted by atomic mass is 10.1. The molecule has 11 nitrogen and oxygen atoms in total. The van der Waals surface area contributed by atoms with Crippen LogP contribution in [0, 0.1) is 0 Å². The zero-order valence-electron chi connectivity index (χ0n) is 16.8. The maximum absolute atomic E-state index is 13.1. The van der Waals surface area contributed by atoms with Gasteiger partial charge in [-0.3, -0.25) is 14.6 Å². The first-order valence-corrected chi connectivity index (χ1v) is 10.7. The minimum Gasteiger partial charge on any atom is -0.507 e. The number of anilines is 2. The van der Waals surface area contributed by atoms with Crippen LogP contribution in [0.4, 0.5) is 11.4 Å². The fraction of sp³-hybridized carbons (Fsp3) is 0.211. The van der Waals surface area contributed by atoms with E-state index in [1.54, 1.807) is 24.3 Å². The molecule has 1 heterocycles. The van der Waals surface area contributed by atoms with Crippen LogP contribution in [0.15, 0.2) is 47.6 Å². The number of aromatic nitrogens is 3. The fourth-order valence-corrected chi connectivity index (χ4v) is 3.95. The number of rotatable bonds is 9. The largest absolute Gasteiger partial charge is 0.507 e. The van der Waals surface area contributed by atoms with Gasteiger partial charge in [0.2, 0.25) is 0 Å². The van der Waals surface area contributed by atoms with Gasteiger partial charge in [0.1, 0.15) is 28.5 Å². The number of aromatic amines is 1. The molecule has 0 saturated carbocycles. The molecule has 0 atom stereocenters. The SMILES string of the molecule is CC(C)Oc1ccc(NS(=O)(=O)c2cc(C(N)=O)c(O)cc2NCc2ncn[nH]2)cc1. The first-order chi connectivity index (χ1) is 14.7. The van der Waals surface area contributed by atoms with Crippen molar-refractivity contribution >= 4 is 27.3 Å². The van der Waals surface area contributed by atoms with E-state index < -0.39 is 21.7 Å². The molecule has 0 bridgehead atoms. The number of amides is 1. The Morgan fingerprint density at radius 2 is 1.97 bits per heavy atom. The van der Waals surface area contributed by atoms with E-state index in [-0.39, 0.29) is 34.5 Å². The normalized spacial score (nSPS) is 11.3. The highest BCUT2D eigenvalue weighted by Gasteiger charge is 2.23. The molecule has 0 aliphatic rings. The Kier molecular flexibility index (Phi) is 6.30. The Morgan fingerprint density at radius 1 is 1.26 bits per heavy atom. The number of ether oxygens (including phenoxy) is 1. The molecule has 6 N–H and O–H groups in total. The van der Waals surface area contributed by atoms with Crippen LogP contribution in [0.3, 0.4) is 0 Å². The second-order valence-corrected chi connectivity index (χ2v) is 8.46. The first-order valence-electron chi connectivity index (χ1n) is 9.20. The highest BCUT2D eigenvalue weighted by atomic mass is 32.2. The lowest BCUT2D eigenvalue weighted by Gasteiger charge is -2.16. The number of benzene rings is 2. The summed E-state index contributed by atoms with van der Waals surface area (Å²) in [6, 6.07) is 8.49. The van der Waals surface area contributed by atoms with Crippen molar-refractivity contribution in [1.29, 1.82) is 0 Å². The van der Waals surface area contributed by atoms with Crippen molar-refractivity contribution in [2.75, 3.05) is 10.0 Å². The van der Waals surface area contributed by atoms with Crippen molar-refractivity contribution in [3.05, 3.63) is 54.1 Å². The van der Waals surface area contributed by atoms with Crippen LogP contribution in [0.2, 0.25) is 0 Å². The highest BCUT2D eigenvalue weighted by Crippen LogP contribution is 2.31. The summed E-state index contributed by atoms with van der Waals surface area (Å²) in [5, 5.41) is 19.3. The molecule has 0 radical (unpaired) electrons. The second-order valence-electron chi connectivity index (χ2n) is 6.81. The smallest absolute Gasteiger partial charge is 0.263 e. The molecule has 3 rings (SSSR count). The quantitative estimate of drug-likeness (QED) is 0.331. The van der Waals surface area contributed by atoms with E-state index in [1.807, 2.05) is 13.8 Å². The molecule has 0 saturated heterocycles. The number of nitrogens with zero attached hydrogens (tertiary/aromatic N) is 2. The molecule has 3 aromatic rings. The van der Waals surface area contributed by atoms with E-state index in [4.69, 9.17) is 10.5 Å². The van der Waals surface area contributed by atoms with Crippen molar-refractivity contribution < 1.29 is 23.1 Å². The zero-order chi connectivity index (χ0) is 22.6. The summed E-state index contributed by atoms with van der Waals surface area (Å²) in [6.45, 7) is 3.86. The van der Waals surface area contributed by atoms with Gasteiger partial charge in [-0.2, -0.15) is 5.10 Å². The van der Waals surface area contributed by atoms with Crippen molar-refractivity contribution in [3.8, 4) is 11.5 Å². The van der Waals surface area contributed by atoms with Gasteiger partial charge in [0.15, 0.2) is 0 Å². The number of primary amides is 1. The van der Waals surface area contributed by atoms with Crippen LogP contribution in [0.25, 0.3) is 0 Å². The molecule has 0 fully saturated rings. The van der Waals surface area contributed by atoms with E-state index in [2.05, 4.69) is 25.2 Å². The van der Waals surface area contributed by atoms with Gasteiger partial charge in [-0.1, -0.05) is 0 Å². The number of carbonyl (C=O) groups excluding carboxylic acids is 1. The van der Waals surface area contributed by atoms with Crippen LogP contribution in [-0.4, -0.2) is 40.7 Å². The Bertz CT molecular complexity index is 1160. The Morgan fingerprint density at radius 3 is 2.55 bits per heavy atom. The van der Waals surface area contributed by atoms with Crippen LogP contribution in [0.5, 0.6) is 11.5 Å². The Balaban J connectivity index is 1.93. The van der Waals surface area contributed by atoms with Crippen molar-refractivity contribution in [3.63, 3.8) is 0 Å². The van der Waals surface area contributed by atoms with E-state index in [0.717, 1.165) is 12.1 Å². The van der Waals surface area contributed by atoms with Crippen molar-refractivity contribution in [2.24, 2.45) is 5.73 Å². The standard InChI is InChI=1S/C19H22N6O5S/c1-11(2)30-13-5-3-12(4-6-13)25-31(28,29)17-7-14(19(20)27)16(26)8-15(17)21-9-18-22-10-23-24-18/h3-8,10-11,21,25-26H,9H2,1-2H3,(H2,20,27)(H,22,23,24). The molecule has 0 spiro atoms. The molecule has 1 amide bonds. The Labute approximate surface area is 178 Å². The molecule has 164 valence electrons. The average Bonchev–Trinajstić information content (AvgIpc) is 3.20. The van der Waals surface area contributed by atoms with Crippen molar-refractivity contribution in [1.82, 2.24) is 15.2 Å². The third-order valence-electron chi connectivity index (χ3n) is 4.04. The third kappa shape index (κ3) is 5.42. The summed E-state index contributed by atoms with van der Waals surface area (Å²) in [4.78, 5) is 15.3. The second kappa shape index (κ2) is 8.92. The van der Waals surface area contributed by atoms with E-state index >= 15 is 0 Å². The number of sulfonamides is 1.